The number of rotatable bonds is 5. The first kappa shape index (κ1) is 19.9. The van der Waals surface area contributed by atoms with Crippen LogP contribution in [0, 0.1) is 6.92 Å². The van der Waals surface area contributed by atoms with Crippen molar-refractivity contribution in [2.45, 2.75) is 20.3 Å². The minimum Gasteiger partial charge on any atom is -0.382 e. The molecule has 148 valence electrons. The van der Waals surface area contributed by atoms with E-state index in [1.807, 2.05) is 6.92 Å². The zero-order valence-corrected chi connectivity index (χ0v) is 16.5. The Hall–Kier alpha value is -2.85. The van der Waals surface area contributed by atoms with Crippen LogP contribution in [0.4, 0.5) is 11.5 Å². The molecule has 1 aliphatic heterocycles. The summed E-state index contributed by atoms with van der Waals surface area (Å²) in [6.45, 7) is 4.08. The van der Waals surface area contributed by atoms with Gasteiger partial charge in [0, 0.05) is 30.7 Å². The highest BCUT2D eigenvalue weighted by atomic mass is 32.2. The Morgan fingerprint density at radius 1 is 1.36 bits per heavy atom. The number of pyridine rings is 1. The number of hydrogen-bond donors (Lipinski definition) is 2. The topological polar surface area (TPSA) is 131 Å². The van der Waals surface area contributed by atoms with Gasteiger partial charge in [0.1, 0.15) is 0 Å². The quantitative estimate of drug-likeness (QED) is 0.774. The summed E-state index contributed by atoms with van der Waals surface area (Å²) in [6, 6.07) is 3.41. The van der Waals surface area contributed by atoms with Crippen molar-refractivity contribution in [1.82, 2.24) is 19.3 Å². The molecule has 9 nitrogen and oxygen atoms in total. The maximum absolute atomic E-state index is 12.6. The summed E-state index contributed by atoms with van der Waals surface area (Å²) in [5, 5.41) is 2.74. The Labute approximate surface area is 163 Å². The van der Waals surface area contributed by atoms with E-state index in [-0.39, 0.29) is 23.8 Å². The number of nitrogens with two attached hydrogens (primary N) is 1. The molecule has 28 heavy (non-hydrogen) atoms. The highest BCUT2D eigenvalue weighted by Crippen LogP contribution is 2.23. The molecule has 0 atom stereocenters. The van der Waals surface area contributed by atoms with Gasteiger partial charge in [-0.3, -0.25) is 9.78 Å². The van der Waals surface area contributed by atoms with Gasteiger partial charge in [-0.15, -0.1) is 0 Å². The van der Waals surface area contributed by atoms with Crippen LogP contribution in [-0.4, -0.2) is 52.4 Å². The number of aromatic nitrogens is 3. The third-order valence-electron chi connectivity index (χ3n) is 4.43. The van der Waals surface area contributed by atoms with Crippen molar-refractivity contribution >= 4 is 33.0 Å². The second-order valence-corrected chi connectivity index (χ2v) is 8.62. The normalized spacial score (nSPS) is 15.1. The fourth-order valence-electron chi connectivity index (χ4n) is 2.85. The van der Waals surface area contributed by atoms with E-state index in [1.54, 1.807) is 31.3 Å². The van der Waals surface area contributed by atoms with Gasteiger partial charge >= 0.3 is 0 Å². The van der Waals surface area contributed by atoms with Gasteiger partial charge in [0.25, 0.3) is 5.91 Å². The summed E-state index contributed by atoms with van der Waals surface area (Å²) in [5.74, 6) is -0.376. The monoisotopic (exact) mass is 402 g/mol. The number of sulfonamides is 1. The van der Waals surface area contributed by atoms with Crippen LogP contribution in [0.3, 0.4) is 0 Å². The first-order valence-electron chi connectivity index (χ1n) is 8.84. The largest absolute Gasteiger partial charge is 0.382 e. The molecule has 3 N–H and O–H groups in total. The first-order valence-corrected chi connectivity index (χ1v) is 10.4. The lowest BCUT2D eigenvalue weighted by molar-refractivity contribution is 0.102. The lowest BCUT2D eigenvalue weighted by Crippen LogP contribution is -2.35. The molecule has 1 aliphatic rings. The second-order valence-electron chi connectivity index (χ2n) is 6.37. The van der Waals surface area contributed by atoms with Crippen LogP contribution >= 0.6 is 0 Å². The van der Waals surface area contributed by atoms with E-state index in [9.17, 15) is 13.2 Å². The minimum atomic E-state index is -3.23. The standard InChI is InChI=1S/C18H22N6O3S/c1-3-28(26,27)24-8-5-13(6-9-24)15-11-21-17(19)16(23-15)18(25)22-14-4-7-20-12(2)10-14/h4-5,7,10-11H,3,6,8-9H2,1-2H3,(H2,19,21)(H,20,22,25). The van der Waals surface area contributed by atoms with Gasteiger partial charge in [-0.25, -0.2) is 18.4 Å². The summed E-state index contributed by atoms with van der Waals surface area (Å²) < 4.78 is 25.4. The molecule has 0 bridgehead atoms. The zero-order valence-electron chi connectivity index (χ0n) is 15.7. The van der Waals surface area contributed by atoms with Crippen LogP contribution in [0.1, 0.15) is 35.2 Å². The van der Waals surface area contributed by atoms with Crippen LogP contribution in [0.5, 0.6) is 0 Å². The van der Waals surface area contributed by atoms with Gasteiger partial charge in [-0.2, -0.15) is 4.31 Å². The van der Waals surface area contributed by atoms with E-state index in [2.05, 4.69) is 20.3 Å². The number of aryl methyl sites for hydroxylation is 1. The number of nitrogens with zero attached hydrogens (tertiary/aromatic N) is 4. The number of anilines is 2. The Bertz CT molecular complexity index is 1040. The smallest absolute Gasteiger partial charge is 0.278 e. The van der Waals surface area contributed by atoms with Gasteiger partial charge in [-0.1, -0.05) is 6.08 Å². The zero-order chi connectivity index (χ0) is 20.3. The molecule has 0 spiro atoms. The Kier molecular flexibility index (Phi) is 5.71. The molecule has 0 saturated carbocycles. The third-order valence-corrected chi connectivity index (χ3v) is 6.28. The molecule has 0 unspecified atom stereocenters. The average molecular weight is 402 g/mol. The van der Waals surface area contributed by atoms with Crippen LogP contribution in [-0.2, 0) is 10.0 Å². The number of hydrogen-bond acceptors (Lipinski definition) is 7. The molecule has 0 aliphatic carbocycles. The molecule has 10 heteroatoms. The lowest BCUT2D eigenvalue weighted by Gasteiger charge is -2.25. The van der Waals surface area contributed by atoms with Gasteiger partial charge in [0.05, 0.1) is 17.6 Å². The van der Waals surface area contributed by atoms with Crippen LogP contribution in [0.15, 0.2) is 30.6 Å². The Morgan fingerprint density at radius 2 is 2.14 bits per heavy atom. The Balaban J connectivity index is 1.81. The predicted octanol–water partition coefficient (Wildman–Crippen LogP) is 1.45. The molecule has 3 heterocycles. The molecule has 3 rings (SSSR count). The van der Waals surface area contributed by atoms with Crippen LogP contribution in [0.2, 0.25) is 0 Å². The predicted molar refractivity (Wildman–Crippen MR) is 107 cm³/mol. The van der Waals surface area contributed by atoms with E-state index < -0.39 is 15.9 Å². The van der Waals surface area contributed by atoms with Crippen molar-refractivity contribution in [2.75, 3.05) is 29.9 Å². The molecule has 2 aromatic heterocycles. The summed E-state index contributed by atoms with van der Waals surface area (Å²) in [5.41, 5.74) is 8.57. The summed E-state index contributed by atoms with van der Waals surface area (Å²) in [4.78, 5) is 25.1. The van der Waals surface area contributed by atoms with E-state index in [0.29, 0.717) is 24.3 Å². The van der Waals surface area contributed by atoms with Crippen molar-refractivity contribution in [3.63, 3.8) is 0 Å². The van der Waals surface area contributed by atoms with Crippen molar-refractivity contribution in [3.8, 4) is 0 Å². The highest BCUT2D eigenvalue weighted by molar-refractivity contribution is 7.89. The molecule has 0 fully saturated rings. The first-order chi connectivity index (χ1) is 13.3. The molecular weight excluding hydrogens is 380 g/mol. The van der Waals surface area contributed by atoms with E-state index in [0.717, 1.165) is 11.3 Å². The van der Waals surface area contributed by atoms with E-state index in [1.165, 1.54) is 10.5 Å². The highest BCUT2D eigenvalue weighted by Gasteiger charge is 2.24. The number of amides is 1. The number of carbonyl (C=O) groups excluding carboxylic acids is 1. The van der Waals surface area contributed by atoms with Gasteiger partial charge in [0.2, 0.25) is 10.0 Å². The number of carbonyl (C=O) groups is 1. The van der Waals surface area contributed by atoms with Crippen LogP contribution in [0.25, 0.3) is 5.57 Å². The molecule has 0 radical (unpaired) electrons. The molecule has 2 aromatic rings. The van der Waals surface area contributed by atoms with Gasteiger partial charge in [0.15, 0.2) is 11.5 Å². The van der Waals surface area contributed by atoms with E-state index >= 15 is 0 Å². The maximum atomic E-state index is 12.6. The molecule has 1 amide bonds. The second kappa shape index (κ2) is 8.03. The van der Waals surface area contributed by atoms with Crippen molar-refractivity contribution in [3.05, 3.63) is 47.7 Å². The third kappa shape index (κ3) is 4.34. The molecular formula is C18H22N6O3S. The maximum Gasteiger partial charge on any atom is 0.278 e. The van der Waals surface area contributed by atoms with Gasteiger partial charge in [-0.05, 0) is 38.0 Å². The van der Waals surface area contributed by atoms with Crippen molar-refractivity contribution in [1.29, 1.82) is 0 Å². The summed E-state index contributed by atoms with van der Waals surface area (Å²) >= 11 is 0. The molecule has 0 aromatic carbocycles. The minimum absolute atomic E-state index is 0.0245. The molecule has 0 saturated heterocycles. The fourth-order valence-corrected chi connectivity index (χ4v) is 3.89. The van der Waals surface area contributed by atoms with Gasteiger partial charge < -0.3 is 11.1 Å². The van der Waals surface area contributed by atoms with Crippen LogP contribution < -0.4 is 11.1 Å². The summed E-state index contributed by atoms with van der Waals surface area (Å²) in [6.07, 6.45) is 5.38. The van der Waals surface area contributed by atoms with Crippen molar-refractivity contribution in [2.24, 2.45) is 0 Å². The lowest BCUT2D eigenvalue weighted by atomic mass is 10.1. The number of nitrogen functional groups attached to an aromatic ring is 1. The van der Waals surface area contributed by atoms with E-state index in [4.69, 9.17) is 5.73 Å². The van der Waals surface area contributed by atoms with Crippen molar-refractivity contribution < 1.29 is 13.2 Å². The average Bonchev–Trinajstić information content (AvgIpc) is 2.68. The summed E-state index contributed by atoms with van der Waals surface area (Å²) in [7, 11) is -3.23. The SMILES string of the molecule is CCS(=O)(=O)N1CC=C(c2cnc(N)c(C(=O)Nc3ccnc(C)c3)n2)CC1. The number of nitrogens with one attached hydrogen (secondary N) is 1. The Morgan fingerprint density at radius 3 is 2.79 bits per heavy atom. The fraction of sp³-hybridized carbons (Fsp3) is 0.333.